The number of piperidine rings is 1. The van der Waals surface area contributed by atoms with Gasteiger partial charge in [-0.25, -0.2) is 4.79 Å². The molecule has 104 valence electrons. The Morgan fingerprint density at radius 1 is 1.42 bits per heavy atom. The Labute approximate surface area is 122 Å². The molecule has 0 spiro atoms. The summed E-state index contributed by atoms with van der Waals surface area (Å²) in [5, 5.41) is 2.92. The number of benzene rings is 1. The van der Waals surface area contributed by atoms with Crippen molar-refractivity contribution in [1.29, 1.82) is 0 Å². The largest absolute Gasteiger partial charge is 0.495 e. The smallest absolute Gasteiger partial charge is 0.321 e. The third-order valence-corrected chi connectivity index (χ3v) is 3.97. The molecule has 0 radical (unpaired) electrons. The second-order valence-electron chi connectivity index (χ2n) is 4.94. The lowest BCUT2D eigenvalue weighted by Gasteiger charge is -2.30. The molecule has 1 N–H and O–H groups in total. The molecule has 1 fully saturated rings. The van der Waals surface area contributed by atoms with E-state index < -0.39 is 0 Å². The molecule has 0 saturated carbocycles. The van der Waals surface area contributed by atoms with Crippen LogP contribution in [0.1, 0.15) is 19.8 Å². The van der Waals surface area contributed by atoms with Crippen LogP contribution in [0.3, 0.4) is 0 Å². The maximum atomic E-state index is 12.2. The van der Waals surface area contributed by atoms with Crippen molar-refractivity contribution in [1.82, 2.24) is 4.90 Å². The summed E-state index contributed by atoms with van der Waals surface area (Å²) in [6, 6.07) is 5.52. The first-order valence-electron chi connectivity index (χ1n) is 6.49. The number of ether oxygens (including phenoxy) is 1. The van der Waals surface area contributed by atoms with Crippen LogP contribution in [0.5, 0.6) is 5.75 Å². The zero-order valence-corrected chi connectivity index (χ0v) is 12.9. The summed E-state index contributed by atoms with van der Waals surface area (Å²) in [7, 11) is 1.60. The lowest BCUT2D eigenvalue weighted by Crippen LogP contribution is -2.40. The predicted octanol–water partition coefficient (Wildman–Crippen LogP) is 3.72. The molecule has 0 bridgehead atoms. The van der Waals surface area contributed by atoms with E-state index in [1.54, 1.807) is 7.11 Å². The second kappa shape index (κ2) is 6.28. The van der Waals surface area contributed by atoms with Crippen molar-refractivity contribution in [3.05, 3.63) is 22.7 Å². The van der Waals surface area contributed by atoms with E-state index in [2.05, 4.69) is 28.2 Å². The highest BCUT2D eigenvalue weighted by atomic mass is 79.9. The molecule has 2 rings (SSSR count). The summed E-state index contributed by atoms with van der Waals surface area (Å²) in [5.41, 5.74) is 0.695. The van der Waals surface area contributed by atoms with Crippen molar-refractivity contribution in [3.63, 3.8) is 0 Å². The van der Waals surface area contributed by atoms with E-state index in [1.165, 1.54) is 0 Å². The van der Waals surface area contributed by atoms with Gasteiger partial charge in [0.1, 0.15) is 5.75 Å². The van der Waals surface area contributed by atoms with E-state index in [9.17, 15) is 4.79 Å². The maximum absolute atomic E-state index is 12.2. The van der Waals surface area contributed by atoms with E-state index in [0.717, 1.165) is 30.4 Å². The number of hydrogen-bond donors (Lipinski definition) is 1. The van der Waals surface area contributed by atoms with E-state index in [-0.39, 0.29) is 6.03 Å². The number of hydrogen-bond acceptors (Lipinski definition) is 2. The van der Waals surface area contributed by atoms with Gasteiger partial charge in [0.05, 0.1) is 12.8 Å². The van der Waals surface area contributed by atoms with Crippen molar-refractivity contribution in [2.24, 2.45) is 5.92 Å². The normalized spacial score (nSPS) is 16.3. The van der Waals surface area contributed by atoms with Crippen LogP contribution in [0, 0.1) is 5.92 Å². The summed E-state index contributed by atoms with van der Waals surface area (Å²) in [5.74, 6) is 1.38. The van der Waals surface area contributed by atoms with Crippen LogP contribution < -0.4 is 10.1 Å². The van der Waals surface area contributed by atoms with Gasteiger partial charge in [-0.05, 0) is 37.0 Å². The average molecular weight is 327 g/mol. The summed E-state index contributed by atoms with van der Waals surface area (Å²) >= 11 is 3.40. The molecule has 1 aliphatic rings. The van der Waals surface area contributed by atoms with Gasteiger partial charge in [-0.15, -0.1) is 0 Å². The van der Waals surface area contributed by atoms with Crippen LogP contribution in [0.4, 0.5) is 10.5 Å². The zero-order valence-electron chi connectivity index (χ0n) is 11.3. The molecule has 1 aliphatic heterocycles. The molecule has 0 aliphatic carbocycles. The topological polar surface area (TPSA) is 41.6 Å². The standard InChI is InChI=1S/C14H19BrN2O2/c1-10-5-7-17(8-6-10)14(18)16-12-9-11(15)3-4-13(12)19-2/h3-4,9-10H,5-8H2,1-2H3,(H,16,18). The second-order valence-corrected chi connectivity index (χ2v) is 5.86. The minimum absolute atomic E-state index is 0.0525. The Morgan fingerprint density at radius 3 is 2.74 bits per heavy atom. The maximum Gasteiger partial charge on any atom is 0.321 e. The number of likely N-dealkylation sites (tertiary alicyclic amines) is 1. The highest BCUT2D eigenvalue weighted by Crippen LogP contribution is 2.28. The van der Waals surface area contributed by atoms with Gasteiger partial charge in [0.15, 0.2) is 0 Å². The van der Waals surface area contributed by atoms with Gasteiger partial charge in [0.2, 0.25) is 0 Å². The van der Waals surface area contributed by atoms with E-state index in [0.29, 0.717) is 17.4 Å². The van der Waals surface area contributed by atoms with Crippen molar-refractivity contribution in [3.8, 4) is 5.75 Å². The molecule has 0 aromatic heterocycles. The Morgan fingerprint density at radius 2 is 2.11 bits per heavy atom. The molecule has 1 heterocycles. The summed E-state index contributed by atoms with van der Waals surface area (Å²) in [4.78, 5) is 14.1. The van der Waals surface area contributed by atoms with Crippen LogP contribution in [0.2, 0.25) is 0 Å². The first-order chi connectivity index (χ1) is 9.10. The number of amides is 2. The fourth-order valence-corrected chi connectivity index (χ4v) is 2.54. The van der Waals surface area contributed by atoms with Crippen molar-refractivity contribution < 1.29 is 9.53 Å². The Balaban J connectivity index is 2.04. The molecule has 0 unspecified atom stereocenters. The Kier molecular flexibility index (Phi) is 4.69. The number of urea groups is 1. The van der Waals surface area contributed by atoms with Crippen molar-refractivity contribution >= 4 is 27.6 Å². The number of carbonyl (C=O) groups is 1. The summed E-state index contributed by atoms with van der Waals surface area (Å²) < 4.78 is 6.16. The quantitative estimate of drug-likeness (QED) is 0.899. The number of rotatable bonds is 2. The fourth-order valence-electron chi connectivity index (χ4n) is 2.18. The molecule has 19 heavy (non-hydrogen) atoms. The SMILES string of the molecule is COc1ccc(Br)cc1NC(=O)N1CCC(C)CC1. The van der Waals surface area contributed by atoms with Crippen LogP contribution >= 0.6 is 15.9 Å². The molecule has 1 saturated heterocycles. The molecular weight excluding hydrogens is 308 g/mol. The lowest BCUT2D eigenvalue weighted by atomic mass is 10.00. The monoisotopic (exact) mass is 326 g/mol. The number of carbonyl (C=O) groups excluding carboxylic acids is 1. The third kappa shape index (κ3) is 3.62. The van der Waals surface area contributed by atoms with Gasteiger partial charge >= 0.3 is 6.03 Å². The van der Waals surface area contributed by atoms with Gasteiger partial charge in [0, 0.05) is 17.6 Å². The molecule has 1 aromatic carbocycles. The highest BCUT2D eigenvalue weighted by molar-refractivity contribution is 9.10. The van der Waals surface area contributed by atoms with Crippen LogP contribution in [-0.4, -0.2) is 31.1 Å². The number of halogens is 1. The van der Waals surface area contributed by atoms with Crippen molar-refractivity contribution in [2.75, 3.05) is 25.5 Å². The van der Waals surface area contributed by atoms with Crippen molar-refractivity contribution in [2.45, 2.75) is 19.8 Å². The molecule has 5 heteroatoms. The average Bonchev–Trinajstić information content (AvgIpc) is 2.39. The molecule has 4 nitrogen and oxygen atoms in total. The van der Waals surface area contributed by atoms with Gasteiger partial charge in [-0.1, -0.05) is 22.9 Å². The number of methoxy groups -OCH3 is 1. The Bertz CT molecular complexity index is 457. The molecule has 2 amide bonds. The Hall–Kier alpha value is -1.23. The van der Waals surface area contributed by atoms with E-state index >= 15 is 0 Å². The highest BCUT2D eigenvalue weighted by Gasteiger charge is 2.21. The molecule has 0 atom stereocenters. The van der Waals surface area contributed by atoms with Crippen LogP contribution in [0.15, 0.2) is 22.7 Å². The van der Waals surface area contributed by atoms with Gasteiger partial charge in [-0.3, -0.25) is 0 Å². The molecule has 1 aromatic rings. The minimum atomic E-state index is -0.0525. The van der Waals surface area contributed by atoms with E-state index in [1.807, 2.05) is 23.1 Å². The van der Waals surface area contributed by atoms with Crippen LogP contribution in [-0.2, 0) is 0 Å². The summed E-state index contributed by atoms with van der Waals surface area (Å²) in [6.07, 6.45) is 2.14. The number of nitrogens with one attached hydrogen (secondary N) is 1. The summed E-state index contributed by atoms with van der Waals surface area (Å²) in [6.45, 7) is 3.87. The van der Waals surface area contributed by atoms with Gasteiger partial charge in [0.25, 0.3) is 0 Å². The lowest BCUT2D eigenvalue weighted by molar-refractivity contribution is 0.186. The molecular formula is C14H19BrN2O2. The van der Waals surface area contributed by atoms with Crippen LogP contribution in [0.25, 0.3) is 0 Å². The first-order valence-corrected chi connectivity index (χ1v) is 7.29. The first kappa shape index (κ1) is 14.2. The number of nitrogens with zero attached hydrogens (tertiary/aromatic N) is 1. The van der Waals surface area contributed by atoms with Gasteiger partial charge < -0.3 is 15.0 Å². The van der Waals surface area contributed by atoms with E-state index in [4.69, 9.17) is 4.74 Å². The minimum Gasteiger partial charge on any atom is -0.495 e. The fraction of sp³-hybridized carbons (Fsp3) is 0.500. The third-order valence-electron chi connectivity index (χ3n) is 3.47. The zero-order chi connectivity index (χ0) is 13.8. The van der Waals surface area contributed by atoms with Gasteiger partial charge in [-0.2, -0.15) is 0 Å². The number of anilines is 1. The predicted molar refractivity (Wildman–Crippen MR) is 79.7 cm³/mol.